The number of hydrogen-bond acceptors (Lipinski definition) is 8. The van der Waals surface area contributed by atoms with Crippen LogP contribution in [0.25, 0.3) is 10.9 Å². The maximum atomic E-state index is 12.5. The molecule has 2 aromatic heterocycles. The summed E-state index contributed by atoms with van der Waals surface area (Å²) in [6, 6.07) is 14.6. The summed E-state index contributed by atoms with van der Waals surface area (Å²) in [7, 11) is 0. The number of rotatable bonds is 10. The van der Waals surface area contributed by atoms with E-state index in [-0.39, 0.29) is 12.0 Å². The van der Waals surface area contributed by atoms with Crippen LogP contribution in [0, 0.1) is 0 Å². The van der Waals surface area contributed by atoms with Crippen molar-refractivity contribution in [2.45, 2.75) is 19.1 Å². The molecule has 4 aromatic rings. The minimum atomic E-state index is -0.277. The van der Waals surface area contributed by atoms with Gasteiger partial charge in [-0.15, -0.1) is 0 Å². The molecule has 9 nitrogen and oxygen atoms in total. The highest BCUT2D eigenvalue weighted by atomic mass is 79.9. The number of anilines is 3. The van der Waals surface area contributed by atoms with Gasteiger partial charge in [-0.25, -0.2) is 9.97 Å². The highest BCUT2D eigenvalue weighted by molar-refractivity contribution is 9.09. The Morgan fingerprint density at radius 1 is 1.15 bits per heavy atom. The highest BCUT2D eigenvalue weighted by Gasteiger charge is 2.21. The van der Waals surface area contributed by atoms with Gasteiger partial charge < -0.3 is 24.8 Å². The Bertz CT molecular complexity index is 1480. The average molecular weight is 611 g/mol. The number of amides is 1. The molecule has 0 bridgehead atoms. The third-order valence-corrected chi connectivity index (χ3v) is 6.50. The molecule has 1 unspecified atom stereocenters. The number of allylic oxidation sites excluding steroid dienone is 1. The van der Waals surface area contributed by atoms with Gasteiger partial charge in [-0.1, -0.05) is 39.7 Å². The van der Waals surface area contributed by atoms with Gasteiger partial charge in [0.25, 0.3) is 0 Å². The van der Waals surface area contributed by atoms with Crippen molar-refractivity contribution in [3.8, 4) is 11.5 Å². The fourth-order valence-electron chi connectivity index (χ4n) is 3.96. The van der Waals surface area contributed by atoms with Crippen molar-refractivity contribution < 1.29 is 19.0 Å². The van der Waals surface area contributed by atoms with E-state index in [1.165, 1.54) is 12.4 Å². The molecule has 39 heavy (non-hydrogen) atoms. The largest absolute Gasteiger partial charge is 0.486 e. The summed E-state index contributed by atoms with van der Waals surface area (Å²) < 4.78 is 17.4. The summed E-state index contributed by atoms with van der Waals surface area (Å²) >= 11 is 9.79. The Labute approximate surface area is 238 Å². The molecule has 0 spiro atoms. The molecule has 3 heterocycles. The molecule has 0 saturated carbocycles. The van der Waals surface area contributed by atoms with Crippen molar-refractivity contribution in [2.75, 3.05) is 29.2 Å². The van der Waals surface area contributed by atoms with Crippen LogP contribution in [0.5, 0.6) is 11.5 Å². The number of pyridine rings is 1. The van der Waals surface area contributed by atoms with Gasteiger partial charge in [-0.2, -0.15) is 0 Å². The normalized spacial score (nSPS) is 15.0. The summed E-state index contributed by atoms with van der Waals surface area (Å²) in [5.74, 6) is 1.32. The van der Waals surface area contributed by atoms with Crippen molar-refractivity contribution in [3.63, 3.8) is 0 Å². The monoisotopic (exact) mass is 609 g/mol. The SMILES string of the molecule is O=C(/C=C/CBr)Nc1cc2c(Nc3ccc(OCc4ccccn4)c(Cl)c3)ncnc2cc1OC1CCOC1. The highest BCUT2D eigenvalue weighted by Crippen LogP contribution is 2.36. The lowest BCUT2D eigenvalue weighted by atomic mass is 10.1. The quantitative estimate of drug-likeness (QED) is 0.165. The van der Waals surface area contributed by atoms with Crippen molar-refractivity contribution in [1.29, 1.82) is 0 Å². The van der Waals surface area contributed by atoms with Crippen LogP contribution >= 0.6 is 27.5 Å². The predicted molar refractivity (Wildman–Crippen MR) is 154 cm³/mol. The minimum absolute atomic E-state index is 0.101. The van der Waals surface area contributed by atoms with Gasteiger partial charge in [0.15, 0.2) is 0 Å². The van der Waals surface area contributed by atoms with Gasteiger partial charge >= 0.3 is 0 Å². The lowest BCUT2D eigenvalue weighted by Gasteiger charge is -2.18. The molecule has 1 atom stereocenters. The van der Waals surface area contributed by atoms with Crippen LogP contribution in [-0.4, -0.2) is 45.5 Å². The summed E-state index contributed by atoms with van der Waals surface area (Å²) in [6.45, 7) is 1.44. The Hall–Kier alpha value is -3.73. The van der Waals surface area contributed by atoms with Gasteiger partial charge in [0.1, 0.15) is 36.4 Å². The lowest BCUT2D eigenvalue weighted by molar-refractivity contribution is -0.111. The number of carbonyl (C=O) groups is 1. The molecular formula is C28H25BrClN5O4. The minimum Gasteiger partial charge on any atom is -0.486 e. The van der Waals surface area contributed by atoms with Gasteiger partial charge in [-0.3, -0.25) is 9.78 Å². The zero-order chi connectivity index (χ0) is 27.0. The number of nitrogens with zero attached hydrogens (tertiary/aromatic N) is 3. The molecule has 5 rings (SSSR count). The Morgan fingerprint density at radius 3 is 2.85 bits per heavy atom. The van der Waals surface area contributed by atoms with E-state index >= 15 is 0 Å². The first kappa shape index (κ1) is 26.9. The molecular weight excluding hydrogens is 586 g/mol. The maximum absolute atomic E-state index is 12.5. The van der Waals surface area contributed by atoms with Gasteiger partial charge in [0, 0.05) is 41.2 Å². The number of nitrogens with one attached hydrogen (secondary N) is 2. The summed E-state index contributed by atoms with van der Waals surface area (Å²) in [4.78, 5) is 25.6. The van der Waals surface area contributed by atoms with Crippen LogP contribution in [-0.2, 0) is 16.1 Å². The van der Waals surface area contributed by atoms with Gasteiger partial charge in [0.05, 0.1) is 35.1 Å². The first-order valence-corrected chi connectivity index (χ1v) is 13.7. The number of ether oxygens (including phenoxy) is 3. The molecule has 1 amide bonds. The van der Waals surface area contributed by atoms with Crippen molar-refractivity contribution in [3.05, 3.63) is 83.9 Å². The van der Waals surface area contributed by atoms with E-state index in [1.54, 1.807) is 36.5 Å². The third-order valence-electron chi connectivity index (χ3n) is 5.83. The number of carbonyl (C=O) groups excluding carboxylic acids is 1. The molecule has 1 aliphatic rings. The molecule has 2 aromatic carbocycles. The zero-order valence-electron chi connectivity index (χ0n) is 20.8. The molecule has 1 saturated heterocycles. The fourth-order valence-corrected chi connectivity index (χ4v) is 4.38. The van der Waals surface area contributed by atoms with Crippen LogP contribution in [0.4, 0.5) is 17.2 Å². The number of benzene rings is 2. The molecule has 200 valence electrons. The number of aromatic nitrogens is 3. The Balaban J connectivity index is 1.40. The zero-order valence-corrected chi connectivity index (χ0v) is 23.1. The number of alkyl halides is 1. The number of hydrogen-bond donors (Lipinski definition) is 2. The molecule has 2 N–H and O–H groups in total. The third kappa shape index (κ3) is 7.03. The first-order chi connectivity index (χ1) is 19.1. The number of fused-ring (bicyclic) bond motifs is 1. The van der Waals surface area contributed by atoms with Crippen LogP contribution in [0.1, 0.15) is 12.1 Å². The van der Waals surface area contributed by atoms with Gasteiger partial charge in [0.2, 0.25) is 5.91 Å². The fraction of sp³-hybridized carbons (Fsp3) is 0.214. The van der Waals surface area contributed by atoms with E-state index in [0.717, 1.165) is 12.1 Å². The van der Waals surface area contributed by atoms with E-state index in [0.29, 0.717) is 69.8 Å². The van der Waals surface area contributed by atoms with E-state index < -0.39 is 0 Å². The summed E-state index contributed by atoms with van der Waals surface area (Å²) in [5, 5.41) is 7.91. The van der Waals surface area contributed by atoms with Crippen LogP contribution in [0.15, 0.2) is 73.2 Å². The van der Waals surface area contributed by atoms with Crippen molar-refractivity contribution >= 4 is 61.5 Å². The van der Waals surface area contributed by atoms with Crippen molar-refractivity contribution in [2.24, 2.45) is 0 Å². The van der Waals surface area contributed by atoms with Gasteiger partial charge in [-0.05, 0) is 36.4 Å². The first-order valence-electron chi connectivity index (χ1n) is 12.2. The van der Waals surface area contributed by atoms with E-state index in [1.807, 2.05) is 24.3 Å². The smallest absolute Gasteiger partial charge is 0.248 e. The van der Waals surface area contributed by atoms with Crippen molar-refractivity contribution in [1.82, 2.24) is 15.0 Å². The number of halogens is 2. The average Bonchev–Trinajstić information content (AvgIpc) is 3.46. The van der Waals surface area contributed by atoms with Crippen LogP contribution < -0.4 is 20.1 Å². The van der Waals surface area contributed by atoms with Crippen LogP contribution in [0.3, 0.4) is 0 Å². The summed E-state index contributed by atoms with van der Waals surface area (Å²) in [6.07, 6.45) is 7.03. The molecule has 11 heteroatoms. The van der Waals surface area contributed by atoms with E-state index in [4.69, 9.17) is 25.8 Å². The summed E-state index contributed by atoms with van der Waals surface area (Å²) in [5.41, 5.74) is 2.67. The second-order valence-corrected chi connectivity index (χ2v) is 9.67. The van der Waals surface area contributed by atoms with Crippen LogP contribution in [0.2, 0.25) is 5.02 Å². The second kappa shape index (κ2) is 12.9. The lowest BCUT2D eigenvalue weighted by Crippen LogP contribution is -2.18. The standard InChI is InChI=1S/C28H25BrClN5O4/c29-9-3-5-27(36)35-24-13-21-23(14-26(24)39-20-8-11-37-16-20)32-17-33-28(21)34-18-6-7-25(22(30)12-18)38-15-19-4-1-2-10-31-19/h1-7,10,12-14,17,20H,8-9,11,15-16H2,(H,35,36)(H,32,33,34)/b5-3+. The molecule has 1 aliphatic heterocycles. The van der Waals surface area contributed by atoms with E-state index in [9.17, 15) is 4.79 Å². The molecule has 0 aliphatic carbocycles. The molecule has 0 radical (unpaired) electrons. The maximum Gasteiger partial charge on any atom is 0.248 e. The Kier molecular flexibility index (Phi) is 8.87. The second-order valence-electron chi connectivity index (χ2n) is 8.62. The molecule has 1 fully saturated rings. The predicted octanol–water partition coefficient (Wildman–Crippen LogP) is 6.06. The Morgan fingerprint density at radius 2 is 2.08 bits per heavy atom. The topological polar surface area (TPSA) is 107 Å². The van der Waals surface area contributed by atoms with E-state index in [2.05, 4.69) is 41.5 Å².